The third-order valence-corrected chi connectivity index (χ3v) is 8.92. The van der Waals surface area contributed by atoms with Crippen LogP contribution in [-0.4, -0.2) is 107 Å². The van der Waals surface area contributed by atoms with Gasteiger partial charge >= 0.3 is 12.2 Å². The van der Waals surface area contributed by atoms with Gasteiger partial charge in [-0.05, 0) is 69.4 Å². The molecule has 0 aliphatic carbocycles. The lowest BCUT2D eigenvalue weighted by atomic mass is 9.85. The maximum absolute atomic E-state index is 14.4. The van der Waals surface area contributed by atoms with Gasteiger partial charge < -0.3 is 34.6 Å². The Labute approximate surface area is 298 Å². The van der Waals surface area contributed by atoms with Crippen molar-refractivity contribution in [2.75, 3.05) is 26.7 Å². The standard InChI is InChI=1S/C37H50FN5O8/c1-23(41(8)35(48)49-22-24-12-10-9-11-13-24)32(45)40-31(36(2,3)4)33(46)42-19-18-27-30(42)28(50-26-16-14-25(38)15-17-26)21-43(27)29(44)20-39-34(47)51-37(5,6)7/h9-17,23,27-28,30-31H,18-22H2,1-8H3,(H,39,47)(H,40,45)/t23-,27+,28-,30-,31+/m0/s1. The molecule has 278 valence electrons. The van der Waals surface area contributed by atoms with Crippen LogP contribution in [0.5, 0.6) is 5.75 Å². The Morgan fingerprint density at radius 2 is 1.61 bits per heavy atom. The van der Waals surface area contributed by atoms with Crippen LogP contribution in [0.4, 0.5) is 14.0 Å². The van der Waals surface area contributed by atoms with E-state index in [1.54, 1.807) is 37.5 Å². The second-order valence-electron chi connectivity index (χ2n) is 15.0. The highest BCUT2D eigenvalue weighted by Crippen LogP contribution is 2.36. The Bertz CT molecular complexity index is 1560. The van der Waals surface area contributed by atoms with Gasteiger partial charge in [0.15, 0.2) is 0 Å². The number of carbonyl (C=O) groups excluding carboxylic acids is 5. The number of benzene rings is 2. The van der Waals surface area contributed by atoms with Crippen LogP contribution in [0.3, 0.4) is 0 Å². The minimum Gasteiger partial charge on any atom is -0.486 e. The molecule has 14 heteroatoms. The number of likely N-dealkylation sites (tertiary alicyclic amines) is 2. The molecule has 0 saturated carbocycles. The van der Waals surface area contributed by atoms with E-state index in [1.165, 1.54) is 36.2 Å². The third-order valence-electron chi connectivity index (χ3n) is 8.92. The zero-order valence-electron chi connectivity index (χ0n) is 30.6. The maximum Gasteiger partial charge on any atom is 0.410 e. The second-order valence-corrected chi connectivity index (χ2v) is 15.0. The number of ether oxygens (including phenoxy) is 3. The number of alkyl carbamates (subject to hydrolysis) is 1. The molecule has 5 amide bonds. The van der Waals surface area contributed by atoms with Gasteiger partial charge in [0.2, 0.25) is 17.7 Å². The van der Waals surface area contributed by atoms with Gasteiger partial charge in [0.05, 0.1) is 18.6 Å². The van der Waals surface area contributed by atoms with Gasteiger partial charge in [-0.15, -0.1) is 0 Å². The first-order valence-electron chi connectivity index (χ1n) is 17.1. The minimum atomic E-state index is -1.01. The number of hydrogen-bond donors (Lipinski definition) is 2. The summed E-state index contributed by atoms with van der Waals surface area (Å²) in [5.41, 5.74) is -0.702. The van der Waals surface area contributed by atoms with Crippen molar-refractivity contribution < 1.29 is 42.6 Å². The Kier molecular flexibility index (Phi) is 12.2. The zero-order valence-corrected chi connectivity index (χ0v) is 30.6. The van der Waals surface area contributed by atoms with Crippen molar-refractivity contribution in [3.8, 4) is 5.75 Å². The van der Waals surface area contributed by atoms with Crippen molar-refractivity contribution in [3.63, 3.8) is 0 Å². The summed E-state index contributed by atoms with van der Waals surface area (Å²) in [5.74, 6) is -1.39. The van der Waals surface area contributed by atoms with Crippen LogP contribution in [0.1, 0.15) is 60.5 Å². The predicted octanol–water partition coefficient (Wildman–Crippen LogP) is 4.10. The number of amides is 5. The highest BCUT2D eigenvalue weighted by atomic mass is 19.1. The summed E-state index contributed by atoms with van der Waals surface area (Å²) >= 11 is 0. The molecule has 0 unspecified atom stereocenters. The van der Waals surface area contributed by atoms with Crippen molar-refractivity contribution in [1.29, 1.82) is 0 Å². The summed E-state index contributed by atoms with van der Waals surface area (Å²) in [5, 5.41) is 5.38. The van der Waals surface area contributed by atoms with E-state index >= 15 is 0 Å². The van der Waals surface area contributed by atoms with Crippen LogP contribution < -0.4 is 15.4 Å². The van der Waals surface area contributed by atoms with Crippen LogP contribution in [0.15, 0.2) is 54.6 Å². The van der Waals surface area contributed by atoms with E-state index in [4.69, 9.17) is 14.2 Å². The number of halogens is 1. The molecule has 2 heterocycles. The molecule has 2 fully saturated rings. The lowest BCUT2D eigenvalue weighted by Crippen LogP contribution is -2.60. The molecule has 2 aromatic carbocycles. The number of likely N-dealkylation sites (N-methyl/N-ethyl adjacent to an activating group) is 1. The minimum absolute atomic E-state index is 0.0384. The van der Waals surface area contributed by atoms with Crippen molar-refractivity contribution in [3.05, 3.63) is 66.0 Å². The highest BCUT2D eigenvalue weighted by molar-refractivity contribution is 5.92. The predicted molar refractivity (Wildman–Crippen MR) is 186 cm³/mol. The number of hydrogen-bond acceptors (Lipinski definition) is 8. The molecule has 4 rings (SSSR count). The SMILES string of the molecule is C[C@@H](C(=O)N[C@H](C(=O)N1CC[C@@H]2[C@H]1[C@@H](Oc1ccc(F)cc1)CN2C(=O)CNC(=O)OC(C)(C)C)C(C)(C)C)N(C)C(=O)OCc1ccccc1. The summed E-state index contributed by atoms with van der Waals surface area (Å²) in [6.07, 6.45) is -1.70. The third kappa shape index (κ3) is 10.1. The molecule has 0 bridgehead atoms. The molecule has 13 nitrogen and oxygen atoms in total. The number of nitrogens with zero attached hydrogens (tertiary/aromatic N) is 3. The summed E-state index contributed by atoms with van der Waals surface area (Å²) in [4.78, 5) is 71.0. The molecule has 51 heavy (non-hydrogen) atoms. The van der Waals surface area contributed by atoms with Gasteiger partial charge in [-0.3, -0.25) is 19.3 Å². The van der Waals surface area contributed by atoms with Crippen molar-refractivity contribution >= 4 is 29.9 Å². The average Bonchev–Trinajstić information content (AvgIpc) is 3.65. The van der Waals surface area contributed by atoms with Gasteiger partial charge in [-0.25, -0.2) is 14.0 Å². The molecule has 2 aliphatic heterocycles. The topological polar surface area (TPSA) is 147 Å². The first kappa shape index (κ1) is 38.9. The molecular formula is C37H50FN5O8. The Morgan fingerprint density at radius 3 is 2.22 bits per heavy atom. The lowest BCUT2D eigenvalue weighted by molar-refractivity contribution is -0.142. The first-order chi connectivity index (χ1) is 23.9. The Hall–Kier alpha value is -4.88. The molecule has 2 aromatic rings. The molecule has 0 spiro atoms. The lowest BCUT2D eigenvalue weighted by Gasteiger charge is -2.37. The van der Waals surface area contributed by atoms with E-state index in [-0.39, 0.29) is 38.1 Å². The van der Waals surface area contributed by atoms with E-state index in [0.29, 0.717) is 12.2 Å². The maximum atomic E-state index is 14.4. The summed E-state index contributed by atoms with van der Waals surface area (Å²) in [7, 11) is 1.45. The molecule has 2 saturated heterocycles. The second kappa shape index (κ2) is 16.0. The monoisotopic (exact) mass is 711 g/mol. The van der Waals surface area contributed by atoms with Crippen LogP contribution in [0.2, 0.25) is 0 Å². The van der Waals surface area contributed by atoms with Crippen molar-refractivity contribution in [2.24, 2.45) is 5.41 Å². The van der Waals surface area contributed by atoms with Crippen molar-refractivity contribution in [2.45, 2.75) is 97.4 Å². The molecule has 5 atom stereocenters. The fraction of sp³-hybridized carbons (Fsp3) is 0.541. The van der Waals surface area contributed by atoms with Gasteiger partial charge in [0.25, 0.3) is 0 Å². The number of carbonyl (C=O) groups is 5. The smallest absolute Gasteiger partial charge is 0.410 e. The van der Waals surface area contributed by atoms with Gasteiger partial charge in [-0.2, -0.15) is 0 Å². The molecule has 0 aromatic heterocycles. The highest BCUT2D eigenvalue weighted by Gasteiger charge is 2.54. The van der Waals surface area contributed by atoms with E-state index in [0.717, 1.165) is 5.56 Å². The van der Waals surface area contributed by atoms with Gasteiger partial charge in [0.1, 0.15) is 48.5 Å². The molecular weight excluding hydrogens is 661 g/mol. The first-order valence-corrected chi connectivity index (χ1v) is 17.1. The van der Waals surface area contributed by atoms with Crippen LogP contribution in [0, 0.1) is 11.2 Å². The van der Waals surface area contributed by atoms with Gasteiger partial charge in [0, 0.05) is 13.6 Å². The largest absolute Gasteiger partial charge is 0.486 e. The van der Waals surface area contributed by atoms with Gasteiger partial charge in [-0.1, -0.05) is 51.1 Å². The quantitative estimate of drug-likeness (QED) is 0.375. The number of nitrogens with one attached hydrogen (secondary N) is 2. The Balaban J connectivity index is 1.50. The fourth-order valence-corrected chi connectivity index (χ4v) is 6.16. The molecule has 2 N–H and O–H groups in total. The van der Waals surface area contributed by atoms with E-state index in [1.807, 2.05) is 51.1 Å². The average molecular weight is 712 g/mol. The van der Waals surface area contributed by atoms with Crippen LogP contribution >= 0.6 is 0 Å². The fourth-order valence-electron chi connectivity index (χ4n) is 6.16. The van der Waals surface area contributed by atoms with Crippen LogP contribution in [-0.2, 0) is 30.5 Å². The molecule has 2 aliphatic rings. The van der Waals surface area contributed by atoms with Crippen molar-refractivity contribution in [1.82, 2.24) is 25.3 Å². The van der Waals surface area contributed by atoms with E-state index < -0.39 is 65.2 Å². The number of rotatable bonds is 10. The number of fused-ring (bicyclic) bond motifs is 1. The summed E-state index contributed by atoms with van der Waals surface area (Å²) < 4.78 is 30.6. The van der Waals surface area contributed by atoms with E-state index in [9.17, 15) is 28.4 Å². The summed E-state index contributed by atoms with van der Waals surface area (Å²) in [6.45, 7) is 12.3. The van der Waals surface area contributed by atoms with Crippen LogP contribution in [0.25, 0.3) is 0 Å². The summed E-state index contributed by atoms with van der Waals surface area (Å²) in [6, 6.07) is 11.6. The zero-order chi connectivity index (χ0) is 37.7. The Morgan fingerprint density at radius 1 is 0.961 bits per heavy atom. The van der Waals surface area contributed by atoms with E-state index in [2.05, 4.69) is 10.6 Å². The molecule has 0 radical (unpaired) electrons. The normalized spacial score (nSPS) is 19.7.